The first-order valence-electron chi connectivity index (χ1n) is 7.38. The van der Waals surface area contributed by atoms with Gasteiger partial charge >= 0.3 is 6.03 Å². The lowest BCUT2D eigenvalue weighted by molar-refractivity contribution is -0.134. The minimum absolute atomic E-state index is 0.208. The molecule has 0 spiro atoms. The highest BCUT2D eigenvalue weighted by Gasteiger charge is 2.28. The van der Waals surface area contributed by atoms with Gasteiger partial charge in [-0.1, -0.05) is 0 Å². The molecule has 130 valence electrons. The normalized spacial score (nSPS) is 15.8. The van der Waals surface area contributed by atoms with Crippen molar-refractivity contribution in [3.63, 3.8) is 0 Å². The molecule has 2 rings (SSSR count). The largest absolute Gasteiger partial charge is 0.352 e. The van der Waals surface area contributed by atoms with Crippen LogP contribution < -0.4 is 11.1 Å². The number of urea groups is 1. The molecular weight excluding hydrogens is 322 g/mol. The zero-order valence-electron chi connectivity index (χ0n) is 13.1. The second kappa shape index (κ2) is 7.24. The average molecular weight is 340 g/mol. The molecule has 1 aromatic rings. The number of nitrogens with two attached hydrogens (primary N) is 1. The van der Waals surface area contributed by atoms with Crippen molar-refractivity contribution in [1.82, 2.24) is 15.1 Å². The van der Waals surface area contributed by atoms with Crippen molar-refractivity contribution in [2.45, 2.75) is 13.0 Å². The van der Waals surface area contributed by atoms with E-state index in [2.05, 4.69) is 5.32 Å². The highest BCUT2D eigenvalue weighted by molar-refractivity contribution is 5.94. The van der Waals surface area contributed by atoms with Crippen molar-refractivity contribution in [1.29, 1.82) is 0 Å². The van der Waals surface area contributed by atoms with Crippen molar-refractivity contribution < 1.29 is 23.2 Å². The molecule has 1 heterocycles. The van der Waals surface area contributed by atoms with Gasteiger partial charge < -0.3 is 20.9 Å². The Hall–Kier alpha value is -2.71. The van der Waals surface area contributed by atoms with Gasteiger partial charge in [-0.3, -0.25) is 9.59 Å². The highest BCUT2D eigenvalue weighted by Crippen LogP contribution is 2.14. The lowest BCUT2D eigenvalue weighted by Gasteiger charge is -2.36. The van der Waals surface area contributed by atoms with Crippen molar-refractivity contribution in [2.75, 3.05) is 26.2 Å². The number of halogens is 2. The molecule has 0 bridgehead atoms. The Balaban J connectivity index is 1.96. The third-order valence-electron chi connectivity index (χ3n) is 3.77. The van der Waals surface area contributed by atoms with Crippen molar-refractivity contribution in [3.05, 3.63) is 35.4 Å². The Morgan fingerprint density at radius 2 is 1.71 bits per heavy atom. The lowest BCUT2D eigenvalue weighted by Crippen LogP contribution is -2.55. The van der Waals surface area contributed by atoms with Gasteiger partial charge in [0.25, 0.3) is 5.91 Å². The molecule has 1 saturated heterocycles. The molecule has 1 fully saturated rings. The van der Waals surface area contributed by atoms with E-state index in [1.54, 1.807) is 0 Å². The van der Waals surface area contributed by atoms with Crippen LogP contribution in [0.5, 0.6) is 0 Å². The molecule has 1 aliphatic rings. The average Bonchev–Trinajstić information content (AvgIpc) is 2.53. The quantitative estimate of drug-likeness (QED) is 0.829. The van der Waals surface area contributed by atoms with Crippen LogP contribution in [-0.2, 0) is 4.79 Å². The lowest BCUT2D eigenvalue weighted by atomic mass is 10.1. The van der Waals surface area contributed by atoms with Gasteiger partial charge in [0.05, 0.1) is 5.56 Å². The molecule has 0 aromatic heterocycles. The number of hydrogen-bond acceptors (Lipinski definition) is 3. The molecule has 1 aliphatic heterocycles. The fourth-order valence-corrected chi connectivity index (χ4v) is 2.51. The van der Waals surface area contributed by atoms with Crippen LogP contribution in [0.3, 0.4) is 0 Å². The minimum atomic E-state index is -0.919. The Morgan fingerprint density at radius 3 is 2.25 bits per heavy atom. The van der Waals surface area contributed by atoms with Crippen LogP contribution in [0.4, 0.5) is 13.6 Å². The minimum Gasteiger partial charge on any atom is -0.352 e. The molecule has 0 radical (unpaired) electrons. The van der Waals surface area contributed by atoms with Crippen LogP contribution >= 0.6 is 0 Å². The first-order chi connectivity index (χ1) is 11.3. The molecule has 9 heteroatoms. The summed E-state index contributed by atoms with van der Waals surface area (Å²) in [4.78, 5) is 38.1. The third-order valence-corrected chi connectivity index (χ3v) is 3.77. The number of amides is 4. The van der Waals surface area contributed by atoms with Crippen LogP contribution in [-0.4, -0.2) is 59.9 Å². The molecule has 4 amide bonds. The summed E-state index contributed by atoms with van der Waals surface area (Å²) in [5.41, 5.74) is 4.77. The molecule has 0 aliphatic carbocycles. The van der Waals surface area contributed by atoms with E-state index in [-0.39, 0.29) is 37.6 Å². The summed E-state index contributed by atoms with van der Waals surface area (Å²) < 4.78 is 26.6. The van der Waals surface area contributed by atoms with Gasteiger partial charge in [-0.25, -0.2) is 13.6 Å². The van der Waals surface area contributed by atoms with Gasteiger partial charge in [-0.05, 0) is 19.1 Å². The summed E-state index contributed by atoms with van der Waals surface area (Å²) in [5.74, 6) is -2.54. The van der Waals surface area contributed by atoms with E-state index >= 15 is 0 Å². The number of carbonyl (C=O) groups excluding carboxylic acids is 3. The van der Waals surface area contributed by atoms with E-state index in [9.17, 15) is 23.2 Å². The van der Waals surface area contributed by atoms with E-state index in [1.807, 2.05) is 0 Å². The number of piperazine rings is 1. The Labute approximate surface area is 137 Å². The van der Waals surface area contributed by atoms with E-state index < -0.39 is 29.6 Å². The number of benzene rings is 1. The van der Waals surface area contributed by atoms with Crippen molar-refractivity contribution in [3.8, 4) is 0 Å². The van der Waals surface area contributed by atoms with Crippen LogP contribution in [0.15, 0.2) is 18.2 Å². The third kappa shape index (κ3) is 3.98. The first kappa shape index (κ1) is 17.6. The summed E-state index contributed by atoms with van der Waals surface area (Å²) in [6, 6.07) is 1.22. The van der Waals surface area contributed by atoms with E-state index in [0.717, 1.165) is 12.1 Å². The van der Waals surface area contributed by atoms with E-state index in [4.69, 9.17) is 5.73 Å². The number of carbonyl (C=O) groups is 3. The van der Waals surface area contributed by atoms with Crippen LogP contribution in [0, 0.1) is 11.6 Å². The van der Waals surface area contributed by atoms with Crippen LogP contribution in [0.1, 0.15) is 17.3 Å². The summed E-state index contributed by atoms with van der Waals surface area (Å²) in [7, 11) is 0. The molecule has 0 saturated carbocycles. The molecule has 7 nitrogen and oxygen atoms in total. The zero-order chi connectivity index (χ0) is 17.9. The highest BCUT2D eigenvalue weighted by atomic mass is 19.1. The fraction of sp³-hybridized carbons (Fsp3) is 0.400. The number of nitrogens with one attached hydrogen (secondary N) is 1. The molecule has 24 heavy (non-hydrogen) atoms. The van der Waals surface area contributed by atoms with Gasteiger partial charge in [0, 0.05) is 32.2 Å². The standard InChI is InChI=1S/C15H18F2N4O3/c1-9(19-15(18)24)13(22)20-4-6-21(7-5-20)14(23)11-3-2-10(16)8-12(11)17/h2-3,8-9H,4-7H2,1H3,(H3,18,19,24)/t9-/m0/s1. The SMILES string of the molecule is C[C@H](NC(N)=O)C(=O)N1CCN(C(=O)c2ccc(F)cc2F)CC1. The summed E-state index contributed by atoms with van der Waals surface area (Å²) in [5, 5.41) is 2.29. The van der Waals surface area contributed by atoms with Gasteiger partial charge in [0.1, 0.15) is 17.7 Å². The Kier molecular flexibility index (Phi) is 5.32. The van der Waals surface area contributed by atoms with Crippen molar-refractivity contribution in [2.24, 2.45) is 5.73 Å². The second-order valence-corrected chi connectivity index (χ2v) is 5.47. The van der Waals surface area contributed by atoms with Gasteiger partial charge in [0.2, 0.25) is 5.91 Å². The number of rotatable bonds is 3. The molecule has 3 N–H and O–H groups in total. The van der Waals surface area contributed by atoms with E-state index in [1.165, 1.54) is 16.7 Å². The Bertz CT molecular complexity index is 660. The topological polar surface area (TPSA) is 95.7 Å². The predicted molar refractivity (Wildman–Crippen MR) is 81.0 cm³/mol. The van der Waals surface area contributed by atoms with Crippen LogP contribution in [0.25, 0.3) is 0 Å². The number of nitrogens with zero attached hydrogens (tertiary/aromatic N) is 2. The second-order valence-electron chi connectivity index (χ2n) is 5.47. The van der Waals surface area contributed by atoms with Gasteiger partial charge in [0.15, 0.2) is 0 Å². The van der Waals surface area contributed by atoms with Gasteiger partial charge in [-0.15, -0.1) is 0 Å². The molecule has 0 unspecified atom stereocenters. The number of hydrogen-bond donors (Lipinski definition) is 2. The van der Waals surface area contributed by atoms with E-state index in [0.29, 0.717) is 6.07 Å². The fourth-order valence-electron chi connectivity index (χ4n) is 2.51. The summed E-state index contributed by atoms with van der Waals surface area (Å²) in [6.07, 6.45) is 0. The molecular formula is C15H18F2N4O3. The molecule has 1 aromatic carbocycles. The number of primary amides is 1. The first-order valence-corrected chi connectivity index (χ1v) is 7.38. The molecule has 1 atom stereocenters. The van der Waals surface area contributed by atoms with Crippen molar-refractivity contribution >= 4 is 17.8 Å². The predicted octanol–water partition coefficient (Wildman–Crippen LogP) is 0.306. The maximum atomic E-state index is 13.7. The monoisotopic (exact) mass is 340 g/mol. The maximum Gasteiger partial charge on any atom is 0.312 e. The smallest absolute Gasteiger partial charge is 0.312 e. The van der Waals surface area contributed by atoms with Crippen LogP contribution in [0.2, 0.25) is 0 Å². The summed E-state index contributed by atoms with van der Waals surface area (Å²) >= 11 is 0. The zero-order valence-corrected chi connectivity index (χ0v) is 13.1. The Morgan fingerprint density at radius 1 is 1.12 bits per heavy atom. The summed E-state index contributed by atoms with van der Waals surface area (Å²) in [6.45, 7) is 2.43. The maximum absolute atomic E-state index is 13.7. The van der Waals surface area contributed by atoms with Gasteiger partial charge in [-0.2, -0.15) is 0 Å².